The van der Waals surface area contributed by atoms with Crippen LogP contribution in [0.4, 0.5) is 5.69 Å². The monoisotopic (exact) mass is 218 g/mol. The highest BCUT2D eigenvalue weighted by Crippen LogP contribution is 2.18. The number of nitrogens with zero attached hydrogens (tertiary/aromatic N) is 1. The Morgan fingerprint density at radius 2 is 1.88 bits per heavy atom. The van der Waals surface area contributed by atoms with E-state index >= 15 is 0 Å². The lowest BCUT2D eigenvalue weighted by molar-refractivity contribution is -0.135. The third-order valence-electron chi connectivity index (χ3n) is 2.12. The lowest BCUT2D eigenvalue weighted by Gasteiger charge is -2.16. The molecule has 0 atom stereocenters. The van der Waals surface area contributed by atoms with Crippen LogP contribution in [0.2, 0.25) is 0 Å². The molecule has 0 saturated heterocycles. The summed E-state index contributed by atoms with van der Waals surface area (Å²) in [6, 6.07) is 6.97. The maximum absolute atomic E-state index is 11.3. The number of ether oxygens (including phenoxy) is 1. The Balaban J connectivity index is 2.15. The molecule has 1 heterocycles. The summed E-state index contributed by atoms with van der Waals surface area (Å²) in [6.45, 7) is 0. The van der Waals surface area contributed by atoms with E-state index in [-0.39, 0.29) is 11.8 Å². The van der Waals surface area contributed by atoms with E-state index in [1.807, 2.05) is 0 Å². The number of anilines is 1. The number of rotatable bonds is 3. The van der Waals surface area contributed by atoms with E-state index in [2.05, 4.69) is 5.43 Å². The molecule has 0 unspecified atom stereocenters. The van der Waals surface area contributed by atoms with Crippen molar-refractivity contribution >= 4 is 17.5 Å². The lowest BCUT2D eigenvalue weighted by Crippen LogP contribution is -2.35. The number of imide groups is 1. The lowest BCUT2D eigenvalue weighted by atomic mass is 10.3. The average molecular weight is 218 g/mol. The molecule has 0 aromatic heterocycles. The van der Waals surface area contributed by atoms with Crippen molar-refractivity contribution in [1.82, 2.24) is 5.01 Å². The Morgan fingerprint density at radius 3 is 2.50 bits per heavy atom. The first kappa shape index (κ1) is 10.2. The predicted octanol–water partition coefficient (Wildman–Crippen LogP) is 0.947. The van der Waals surface area contributed by atoms with E-state index in [4.69, 9.17) is 4.74 Å². The van der Waals surface area contributed by atoms with Crippen LogP contribution in [0.3, 0.4) is 0 Å². The summed E-state index contributed by atoms with van der Waals surface area (Å²) in [5, 5.41) is 0.939. The molecule has 0 aliphatic carbocycles. The van der Waals surface area contributed by atoms with Gasteiger partial charge in [0.1, 0.15) is 5.75 Å². The van der Waals surface area contributed by atoms with Gasteiger partial charge in [-0.2, -0.15) is 5.01 Å². The SMILES string of the molecule is COc1cccc(NN2C(=O)C=CC2=O)c1. The number of nitrogens with one attached hydrogen (secondary N) is 1. The maximum Gasteiger partial charge on any atom is 0.272 e. The van der Waals surface area contributed by atoms with Crippen LogP contribution < -0.4 is 10.2 Å². The van der Waals surface area contributed by atoms with Gasteiger partial charge in [0.05, 0.1) is 12.8 Å². The number of amides is 2. The van der Waals surface area contributed by atoms with Crippen molar-refractivity contribution in [3.8, 4) is 5.75 Å². The minimum atomic E-state index is -0.382. The molecular formula is C11H10N2O3. The van der Waals surface area contributed by atoms with Crippen LogP contribution in [-0.2, 0) is 9.59 Å². The van der Waals surface area contributed by atoms with Gasteiger partial charge in [0.25, 0.3) is 11.8 Å². The highest BCUT2D eigenvalue weighted by Gasteiger charge is 2.23. The van der Waals surface area contributed by atoms with Crippen molar-refractivity contribution < 1.29 is 14.3 Å². The zero-order chi connectivity index (χ0) is 11.5. The number of carbonyl (C=O) groups is 2. The van der Waals surface area contributed by atoms with Crippen molar-refractivity contribution in [2.75, 3.05) is 12.5 Å². The molecule has 0 saturated carbocycles. The summed E-state index contributed by atoms with van der Waals surface area (Å²) in [5.74, 6) is -0.113. The zero-order valence-electron chi connectivity index (χ0n) is 8.64. The summed E-state index contributed by atoms with van der Waals surface area (Å²) in [4.78, 5) is 22.5. The van der Waals surface area contributed by atoms with Gasteiger partial charge in [0.2, 0.25) is 0 Å². The average Bonchev–Trinajstić information content (AvgIpc) is 2.61. The van der Waals surface area contributed by atoms with Crippen LogP contribution in [0.15, 0.2) is 36.4 Å². The number of hydrogen-bond donors (Lipinski definition) is 1. The van der Waals surface area contributed by atoms with E-state index < -0.39 is 0 Å². The van der Waals surface area contributed by atoms with Crippen molar-refractivity contribution in [1.29, 1.82) is 0 Å². The van der Waals surface area contributed by atoms with Gasteiger partial charge in [-0.05, 0) is 12.1 Å². The first-order valence-electron chi connectivity index (χ1n) is 4.67. The van der Waals surface area contributed by atoms with Gasteiger partial charge >= 0.3 is 0 Å². The Kier molecular flexibility index (Phi) is 2.59. The molecule has 0 bridgehead atoms. The Bertz CT molecular complexity index is 450. The number of hydrazine groups is 1. The van der Waals surface area contributed by atoms with E-state index in [9.17, 15) is 9.59 Å². The van der Waals surface area contributed by atoms with Crippen LogP contribution in [0, 0.1) is 0 Å². The molecular weight excluding hydrogens is 208 g/mol. The molecule has 2 amide bonds. The van der Waals surface area contributed by atoms with E-state index in [0.29, 0.717) is 11.4 Å². The van der Waals surface area contributed by atoms with Crippen molar-refractivity contribution in [3.63, 3.8) is 0 Å². The van der Waals surface area contributed by atoms with Crippen LogP contribution in [0.25, 0.3) is 0 Å². The molecule has 0 radical (unpaired) electrons. The smallest absolute Gasteiger partial charge is 0.272 e. The molecule has 1 N–H and O–H groups in total. The fraction of sp³-hybridized carbons (Fsp3) is 0.0909. The van der Waals surface area contributed by atoms with E-state index in [0.717, 1.165) is 5.01 Å². The first-order chi connectivity index (χ1) is 7.70. The molecule has 5 nitrogen and oxygen atoms in total. The summed E-state index contributed by atoms with van der Waals surface area (Å²) < 4.78 is 5.03. The number of benzene rings is 1. The molecule has 0 fully saturated rings. The second-order valence-corrected chi connectivity index (χ2v) is 3.19. The number of hydrogen-bond acceptors (Lipinski definition) is 4. The van der Waals surface area contributed by atoms with Gasteiger partial charge in [-0.25, -0.2) is 0 Å². The molecule has 1 aliphatic heterocycles. The minimum absolute atomic E-state index is 0.382. The topological polar surface area (TPSA) is 58.6 Å². The molecule has 5 heteroatoms. The highest BCUT2D eigenvalue weighted by molar-refractivity contribution is 6.13. The third kappa shape index (κ3) is 1.88. The Labute approximate surface area is 92.3 Å². The molecule has 1 aliphatic rings. The standard InChI is InChI=1S/C11H10N2O3/c1-16-9-4-2-3-8(7-9)12-13-10(14)5-6-11(13)15/h2-7,12H,1H3. The fourth-order valence-electron chi connectivity index (χ4n) is 1.33. The normalized spacial score (nSPS) is 14.4. The second-order valence-electron chi connectivity index (χ2n) is 3.19. The molecule has 82 valence electrons. The van der Waals surface area contributed by atoms with Crippen LogP contribution in [0.1, 0.15) is 0 Å². The number of carbonyl (C=O) groups excluding carboxylic acids is 2. The third-order valence-corrected chi connectivity index (χ3v) is 2.12. The van der Waals surface area contributed by atoms with Gasteiger partial charge in [-0.3, -0.25) is 15.0 Å². The maximum atomic E-state index is 11.3. The highest BCUT2D eigenvalue weighted by atomic mass is 16.5. The predicted molar refractivity (Wildman–Crippen MR) is 57.6 cm³/mol. The minimum Gasteiger partial charge on any atom is -0.497 e. The molecule has 0 spiro atoms. The fourth-order valence-corrected chi connectivity index (χ4v) is 1.33. The van der Waals surface area contributed by atoms with Crippen LogP contribution in [-0.4, -0.2) is 23.9 Å². The quantitative estimate of drug-likeness (QED) is 0.767. The van der Waals surface area contributed by atoms with Crippen LogP contribution >= 0.6 is 0 Å². The number of methoxy groups -OCH3 is 1. The molecule has 1 aromatic carbocycles. The second kappa shape index (κ2) is 4.06. The van der Waals surface area contributed by atoms with Gasteiger partial charge in [-0.1, -0.05) is 6.07 Å². The summed E-state index contributed by atoms with van der Waals surface area (Å²) in [6.07, 6.45) is 2.44. The Morgan fingerprint density at radius 1 is 1.19 bits per heavy atom. The summed E-state index contributed by atoms with van der Waals surface area (Å²) in [7, 11) is 1.55. The van der Waals surface area contributed by atoms with E-state index in [1.54, 1.807) is 31.4 Å². The first-order valence-corrected chi connectivity index (χ1v) is 4.67. The molecule has 16 heavy (non-hydrogen) atoms. The van der Waals surface area contributed by atoms with Gasteiger partial charge in [0, 0.05) is 18.2 Å². The summed E-state index contributed by atoms with van der Waals surface area (Å²) >= 11 is 0. The van der Waals surface area contributed by atoms with Gasteiger partial charge < -0.3 is 4.74 Å². The Hall–Kier alpha value is -2.30. The van der Waals surface area contributed by atoms with Gasteiger partial charge in [0.15, 0.2) is 0 Å². The zero-order valence-corrected chi connectivity index (χ0v) is 8.64. The van der Waals surface area contributed by atoms with Gasteiger partial charge in [-0.15, -0.1) is 0 Å². The summed E-state index contributed by atoms with van der Waals surface area (Å²) in [5.41, 5.74) is 3.32. The van der Waals surface area contributed by atoms with Crippen molar-refractivity contribution in [3.05, 3.63) is 36.4 Å². The molecule has 2 rings (SSSR count). The van der Waals surface area contributed by atoms with E-state index in [1.165, 1.54) is 12.2 Å². The van der Waals surface area contributed by atoms with Crippen LogP contribution in [0.5, 0.6) is 5.75 Å². The van der Waals surface area contributed by atoms with Crippen molar-refractivity contribution in [2.45, 2.75) is 0 Å². The van der Waals surface area contributed by atoms with Crippen molar-refractivity contribution in [2.24, 2.45) is 0 Å². The largest absolute Gasteiger partial charge is 0.497 e. The molecule has 1 aromatic rings.